The Labute approximate surface area is 170 Å². The second kappa shape index (κ2) is 8.55. The SMILES string of the molecule is CC1CCCN(C(=O)CSc2nc3ccccc3n2CC(=O)N2CCCC2)C1. The van der Waals surface area contributed by atoms with Crippen molar-refractivity contribution in [2.24, 2.45) is 5.92 Å². The number of hydrogen-bond donors (Lipinski definition) is 0. The van der Waals surface area contributed by atoms with E-state index in [2.05, 4.69) is 6.92 Å². The first-order valence-corrected chi connectivity index (χ1v) is 11.2. The van der Waals surface area contributed by atoms with Crippen molar-refractivity contribution in [1.82, 2.24) is 19.4 Å². The normalized spacial score (nSPS) is 20.1. The van der Waals surface area contributed by atoms with Gasteiger partial charge in [-0.1, -0.05) is 30.8 Å². The first-order chi connectivity index (χ1) is 13.6. The van der Waals surface area contributed by atoms with E-state index in [0.29, 0.717) is 11.7 Å². The largest absolute Gasteiger partial charge is 0.342 e. The molecule has 150 valence electrons. The first kappa shape index (κ1) is 19.3. The van der Waals surface area contributed by atoms with Crippen molar-refractivity contribution >= 4 is 34.6 Å². The molecule has 0 saturated carbocycles. The standard InChI is InChI=1S/C21H28N4O2S/c1-16-7-6-12-24(13-16)20(27)15-28-21-22-17-8-2-3-9-18(17)25(21)14-19(26)23-10-4-5-11-23/h2-3,8-9,16H,4-7,10-15H2,1H3. The van der Waals surface area contributed by atoms with Crippen molar-refractivity contribution < 1.29 is 9.59 Å². The number of carbonyl (C=O) groups is 2. The zero-order valence-corrected chi connectivity index (χ0v) is 17.3. The summed E-state index contributed by atoms with van der Waals surface area (Å²) in [5, 5.41) is 0.757. The monoisotopic (exact) mass is 400 g/mol. The van der Waals surface area contributed by atoms with E-state index in [4.69, 9.17) is 4.98 Å². The van der Waals surface area contributed by atoms with Crippen molar-refractivity contribution in [2.75, 3.05) is 31.9 Å². The Morgan fingerprint density at radius 1 is 1.07 bits per heavy atom. The molecule has 0 radical (unpaired) electrons. The van der Waals surface area contributed by atoms with Gasteiger partial charge in [-0.25, -0.2) is 4.98 Å². The van der Waals surface area contributed by atoms with Crippen LogP contribution in [0.1, 0.15) is 32.6 Å². The summed E-state index contributed by atoms with van der Waals surface area (Å²) in [5.74, 6) is 1.25. The van der Waals surface area contributed by atoms with Crippen LogP contribution in [0.25, 0.3) is 11.0 Å². The lowest BCUT2D eigenvalue weighted by Crippen LogP contribution is -2.40. The number of benzene rings is 1. The Kier molecular flexibility index (Phi) is 5.90. The summed E-state index contributed by atoms with van der Waals surface area (Å²) in [6.07, 6.45) is 4.45. The van der Waals surface area contributed by atoms with Gasteiger partial charge in [0.05, 0.1) is 16.8 Å². The molecule has 0 bridgehead atoms. The summed E-state index contributed by atoms with van der Waals surface area (Å²) >= 11 is 1.45. The summed E-state index contributed by atoms with van der Waals surface area (Å²) in [6, 6.07) is 7.88. The molecule has 6 nitrogen and oxygen atoms in total. The topological polar surface area (TPSA) is 58.4 Å². The number of aromatic nitrogens is 2. The van der Waals surface area contributed by atoms with Crippen molar-refractivity contribution in [3.05, 3.63) is 24.3 Å². The molecule has 3 heterocycles. The van der Waals surface area contributed by atoms with Crippen LogP contribution >= 0.6 is 11.8 Å². The second-order valence-corrected chi connectivity index (χ2v) is 8.88. The van der Waals surface area contributed by atoms with Gasteiger partial charge in [-0.3, -0.25) is 9.59 Å². The predicted octanol–water partition coefficient (Wildman–Crippen LogP) is 3.01. The van der Waals surface area contributed by atoms with Gasteiger partial charge < -0.3 is 14.4 Å². The molecule has 1 unspecified atom stereocenters. The van der Waals surface area contributed by atoms with Crippen LogP contribution in [0.2, 0.25) is 0 Å². The van der Waals surface area contributed by atoms with Gasteiger partial charge in [0.2, 0.25) is 11.8 Å². The van der Waals surface area contributed by atoms with Gasteiger partial charge in [0.25, 0.3) is 0 Å². The summed E-state index contributed by atoms with van der Waals surface area (Å²) in [7, 11) is 0. The minimum absolute atomic E-state index is 0.138. The van der Waals surface area contributed by atoms with E-state index in [1.165, 1.54) is 18.2 Å². The number of para-hydroxylation sites is 2. The zero-order chi connectivity index (χ0) is 19.5. The van der Waals surface area contributed by atoms with Crippen LogP contribution in [-0.4, -0.2) is 63.1 Å². The molecule has 1 atom stereocenters. The minimum Gasteiger partial charge on any atom is -0.342 e. The van der Waals surface area contributed by atoms with Gasteiger partial charge in [0, 0.05) is 26.2 Å². The first-order valence-electron chi connectivity index (χ1n) is 10.3. The highest BCUT2D eigenvalue weighted by atomic mass is 32.2. The third-order valence-electron chi connectivity index (χ3n) is 5.71. The van der Waals surface area contributed by atoms with Gasteiger partial charge >= 0.3 is 0 Å². The fourth-order valence-corrected chi connectivity index (χ4v) is 5.07. The quantitative estimate of drug-likeness (QED) is 0.724. The molecular weight excluding hydrogens is 372 g/mol. The summed E-state index contributed by atoms with van der Waals surface area (Å²) in [5.41, 5.74) is 1.83. The van der Waals surface area contributed by atoms with Crippen LogP contribution in [0.15, 0.2) is 29.4 Å². The van der Waals surface area contributed by atoms with Gasteiger partial charge in [0.15, 0.2) is 5.16 Å². The number of amides is 2. The molecule has 2 aromatic rings. The van der Waals surface area contributed by atoms with Gasteiger partial charge in [-0.05, 0) is 43.7 Å². The minimum atomic E-state index is 0.138. The van der Waals surface area contributed by atoms with Gasteiger partial charge in [0.1, 0.15) is 6.54 Å². The number of fused-ring (bicyclic) bond motifs is 1. The van der Waals surface area contributed by atoms with Crippen LogP contribution < -0.4 is 0 Å². The lowest BCUT2D eigenvalue weighted by atomic mass is 10.0. The molecule has 0 spiro atoms. The Morgan fingerprint density at radius 2 is 1.82 bits per heavy atom. The van der Waals surface area contributed by atoms with E-state index in [0.717, 1.165) is 61.6 Å². The third-order valence-corrected chi connectivity index (χ3v) is 6.67. The Bertz CT molecular complexity index is 859. The molecule has 2 amide bonds. The Hall–Kier alpha value is -2.02. The highest BCUT2D eigenvalue weighted by Gasteiger charge is 2.24. The number of thioether (sulfide) groups is 1. The molecule has 4 rings (SSSR count). The maximum absolute atomic E-state index is 12.7. The van der Waals surface area contributed by atoms with Gasteiger partial charge in [-0.15, -0.1) is 0 Å². The molecule has 0 aliphatic carbocycles. The average molecular weight is 401 g/mol. The second-order valence-electron chi connectivity index (χ2n) is 7.93. The average Bonchev–Trinajstić information content (AvgIpc) is 3.35. The van der Waals surface area contributed by atoms with Crippen molar-refractivity contribution in [1.29, 1.82) is 0 Å². The highest BCUT2D eigenvalue weighted by Crippen LogP contribution is 2.26. The summed E-state index contributed by atoms with van der Waals surface area (Å²) in [4.78, 5) is 34.0. The number of imidazole rings is 1. The van der Waals surface area contributed by atoms with Crippen molar-refractivity contribution in [2.45, 2.75) is 44.3 Å². The summed E-state index contributed by atoms with van der Waals surface area (Å²) < 4.78 is 1.98. The number of piperidine rings is 1. The lowest BCUT2D eigenvalue weighted by Gasteiger charge is -2.30. The number of hydrogen-bond acceptors (Lipinski definition) is 4. The van der Waals surface area contributed by atoms with Crippen LogP contribution in [0, 0.1) is 5.92 Å². The van der Waals surface area contributed by atoms with E-state index in [9.17, 15) is 9.59 Å². The molecule has 7 heteroatoms. The molecular formula is C21H28N4O2S. The molecule has 2 aliphatic heterocycles. The molecule has 2 saturated heterocycles. The van der Waals surface area contributed by atoms with E-state index in [1.807, 2.05) is 38.6 Å². The number of carbonyl (C=O) groups excluding carboxylic acids is 2. The third kappa shape index (κ3) is 4.19. The maximum Gasteiger partial charge on any atom is 0.242 e. The Morgan fingerprint density at radius 3 is 2.61 bits per heavy atom. The Balaban J connectivity index is 1.49. The summed E-state index contributed by atoms with van der Waals surface area (Å²) in [6.45, 7) is 5.89. The van der Waals surface area contributed by atoms with Crippen molar-refractivity contribution in [3.63, 3.8) is 0 Å². The number of nitrogens with zero attached hydrogens (tertiary/aromatic N) is 4. The molecule has 28 heavy (non-hydrogen) atoms. The highest BCUT2D eigenvalue weighted by molar-refractivity contribution is 7.99. The number of rotatable bonds is 5. The van der Waals surface area contributed by atoms with Crippen molar-refractivity contribution in [3.8, 4) is 0 Å². The molecule has 2 aliphatic rings. The zero-order valence-electron chi connectivity index (χ0n) is 16.5. The lowest BCUT2D eigenvalue weighted by molar-refractivity contribution is -0.131. The van der Waals surface area contributed by atoms with Crippen LogP contribution in [0.3, 0.4) is 0 Å². The molecule has 1 aromatic heterocycles. The van der Waals surface area contributed by atoms with E-state index >= 15 is 0 Å². The van der Waals surface area contributed by atoms with Gasteiger partial charge in [-0.2, -0.15) is 0 Å². The van der Waals surface area contributed by atoms with E-state index in [1.54, 1.807) is 0 Å². The molecule has 0 N–H and O–H groups in total. The fraction of sp³-hybridized carbons (Fsp3) is 0.571. The molecule has 1 aromatic carbocycles. The number of likely N-dealkylation sites (tertiary alicyclic amines) is 2. The predicted molar refractivity (Wildman–Crippen MR) is 111 cm³/mol. The molecule has 2 fully saturated rings. The van der Waals surface area contributed by atoms with E-state index < -0.39 is 0 Å². The van der Waals surface area contributed by atoms with E-state index in [-0.39, 0.29) is 18.4 Å². The smallest absolute Gasteiger partial charge is 0.242 e. The fourth-order valence-electron chi connectivity index (χ4n) is 4.15. The maximum atomic E-state index is 12.7. The van der Waals surface area contributed by atoms with Crippen LogP contribution in [0.4, 0.5) is 0 Å². The van der Waals surface area contributed by atoms with Crippen LogP contribution in [0.5, 0.6) is 0 Å². The van der Waals surface area contributed by atoms with Crippen LogP contribution in [-0.2, 0) is 16.1 Å².